The van der Waals surface area contributed by atoms with Crippen molar-refractivity contribution in [3.63, 3.8) is 0 Å². The third kappa shape index (κ3) is 3.18. The molecule has 1 aromatic carbocycles. The lowest BCUT2D eigenvalue weighted by molar-refractivity contribution is 0.333. The molecular weight excluding hydrogens is 279 g/mol. The van der Waals surface area contributed by atoms with Crippen LogP contribution in [-0.2, 0) is 0 Å². The summed E-state index contributed by atoms with van der Waals surface area (Å²) in [4.78, 5) is 2.42. The number of piperazine rings is 1. The van der Waals surface area contributed by atoms with Crippen LogP contribution in [0.2, 0.25) is 10.0 Å². The van der Waals surface area contributed by atoms with Gasteiger partial charge >= 0.3 is 0 Å². The zero-order valence-electron chi connectivity index (χ0n) is 11.8. The van der Waals surface area contributed by atoms with Gasteiger partial charge in [0.15, 0.2) is 0 Å². The Morgan fingerprint density at radius 1 is 1.37 bits per heavy atom. The molecule has 0 saturated carbocycles. The van der Waals surface area contributed by atoms with Crippen LogP contribution in [0.25, 0.3) is 0 Å². The Balaban J connectivity index is 2.33. The molecule has 1 heterocycles. The third-order valence-corrected chi connectivity index (χ3v) is 4.74. The van der Waals surface area contributed by atoms with Gasteiger partial charge in [0.1, 0.15) is 0 Å². The standard InChI is InChI=1S/C15H22Cl2N2/c1-4-11-9-19(14(8-18-11)10(2)3)13-7-5-6-12(16)15(13)17/h5-7,10-11,14,18H,4,8-9H2,1-3H3. The van der Waals surface area contributed by atoms with Crippen LogP contribution < -0.4 is 10.2 Å². The molecule has 2 atom stereocenters. The Kier molecular flexibility index (Phi) is 4.99. The summed E-state index contributed by atoms with van der Waals surface area (Å²) in [6, 6.07) is 6.87. The zero-order chi connectivity index (χ0) is 14.0. The van der Waals surface area contributed by atoms with E-state index in [1.165, 1.54) is 0 Å². The summed E-state index contributed by atoms with van der Waals surface area (Å²) in [6.07, 6.45) is 1.12. The smallest absolute Gasteiger partial charge is 0.0825 e. The highest BCUT2D eigenvalue weighted by atomic mass is 35.5. The van der Waals surface area contributed by atoms with E-state index in [4.69, 9.17) is 23.2 Å². The number of halogens is 2. The minimum Gasteiger partial charge on any atom is -0.364 e. The molecule has 0 aromatic heterocycles. The first-order valence-corrected chi connectivity index (χ1v) is 7.74. The second-order valence-corrected chi connectivity index (χ2v) is 6.34. The lowest BCUT2D eigenvalue weighted by Gasteiger charge is -2.44. The highest BCUT2D eigenvalue weighted by Gasteiger charge is 2.30. The second-order valence-electron chi connectivity index (χ2n) is 5.55. The Hall–Kier alpha value is -0.440. The number of nitrogens with zero attached hydrogens (tertiary/aromatic N) is 1. The number of nitrogens with one attached hydrogen (secondary N) is 1. The summed E-state index contributed by atoms with van der Waals surface area (Å²) in [7, 11) is 0. The maximum atomic E-state index is 6.39. The average Bonchev–Trinajstić information content (AvgIpc) is 2.41. The number of hydrogen-bond donors (Lipinski definition) is 1. The minimum absolute atomic E-state index is 0.457. The SMILES string of the molecule is CCC1CN(c2cccc(Cl)c2Cl)C(C(C)C)CN1. The first kappa shape index (κ1) is 15.0. The van der Waals surface area contributed by atoms with Gasteiger partial charge in [0.25, 0.3) is 0 Å². The fourth-order valence-electron chi connectivity index (χ4n) is 2.70. The van der Waals surface area contributed by atoms with Gasteiger partial charge in [0, 0.05) is 25.2 Å². The van der Waals surface area contributed by atoms with Crippen LogP contribution in [-0.4, -0.2) is 25.2 Å². The van der Waals surface area contributed by atoms with Gasteiger partial charge in [-0.3, -0.25) is 0 Å². The average molecular weight is 301 g/mol. The van der Waals surface area contributed by atoms with Crippen molar-refractivity contribution in [1.29, 1.82) is 0 Å². The highest BCUT2D eigenvalue weighted by Crippen LogP contribution is 2.35. The molecule has 0 aliphatic carbocycles. The predicted octanol–water partition coefficient (Wildman–Crippen LogP) is 4.21. The van der Waals surface area contributed by atoms with Crippen LogP contribution in [0.4, 0.5) is 5.69 Å². The van der Waals surface area contributed by atoms with E-state index in [1.807, 2.05) is 12.1 Å². The minimum atomic E-state index is 0.457. The molecule has 2 nitrogen and oxygen atoms in total. The van der Waals surface area contributed by atoms with Crippen LogP contribution in [0, 0.1) is 5.92 Å². The Morgan fingerprint density at radius 3 is 2.74 bits per heavy atom. The van der Waals surface area contributed by atoms with Crippen LogP contribution in [0.3, 0.4) is 0 Å². The summed E-state index contributed by atoms with van der Waals surface area (Å²) in [5.74, 6) is 0.570. The van der Waals surface area contributed by atoms with Crippen LogP contribution >= 0.6 is 23.2 Å². The monoisotopic (exact) mass is 300 g/mol. The number of hydrogen-bond acceptors (Lipinski definition) is 2. The maximum Gasteiger partial charge on any atom is 0.0825 e. The lowest BCUT2D eigenvalue weighted by Crippen LogP contribution is -2.58. The molecule has 4 heteroatoms. The maximum absolute atomic E-state index is 6.39. The molecule has 0 spiro atoms. The predicted molar refractivity (Wildman–Crippen MR) is 84.5 cm³/mol. The molecule has 1 aromatic rings. The van der Waals surface area contributed by atoms with Crippen molar-refractivity contribution in [3.05, 3.63) is 28.2 Å². The van der Waals surface area contributed by atoms with Crippen molar-refractivity contribution in [2.24, 2.45) is 5.92 Å². The van der Waals surface area contributed by atoms with Crippen LogP contribution in [0.15, 0.2) is 18.2 Å². The van der Waals surface area contributed by atoms with Crippen molar-refractivity contribution in [2.75, 3.05) is 18.0 Å². The fourth-order valence-corrected chi connectivity index (χ4v) is 3.10. The normalized spacial score (nSPS) is 24.0. The van der Waals surface area contributed by atoms with Gasteiger partial charge in [0.05, 0.1) is 15.7 Å². The van der Waals surface area contributed by atoms with Gasteiger partial charge in [-0.05, 0) is 24.5 Å². The molecule has 1 aliphatic rings. The summed E-state index contributed by atoms with van der Waals surface area (Å²) in [5, 5.41) is 4.92. The van der Waals surface area contributed by atoms with Crippen molar-refractivity contribution < 1.29 is 0 Å². The van der Waals surface area contributed by atoms with Crippen molar-refractivity contribution in [1.82, 2.24) is 5.32 Å². The summed E-state index contributed by atoms with van der Waals surface area (Å²) < 4.78 is 0. The van der Waals surface area contributed by atoms with Crippen LogP contribution in [0.5, 0.6) is 0 Å². The van der Waals surface area contributed by atoms with Crippen molar-refractivity contribution in [2.45, 2.75) is 39.3 Å². The van der Waals surface area contributed by atoms with Crippen molar-refractivity contribution in [3.8, 4) is 0 Å². The molecule has 1 aliphatic heterocycles. The number of anilines is 1. The molecule has 19 heavy (non-hydrogen) atoms. The van der Waals surface area contributed by atoms with E-state index in [0.717, 1.165) is 25.2 Å². The Morgan fingerprint density at radius 2 is 2.11 bits per heavy atom. The third-order valence-electron chi connectivity index (χ3n) is 3.94. The molecule has 0 amide bonds. The molecular formula is C15H22Cl2N2. The van der Waals surface area contributed by atoms with Gasteiger partial charge in [-0.15, -0.1) is 0 Å². The Bertz CT molecular complexity index is 434. The number of rotatable bonds is 3. The molecule has 1 saturated heterocycles. The fraction of sp³-hybridized carbons (Fsp3) is 0.600. The highest BCUT2D eigenvalue weighted by molar-refractivity contribution is 6.43. The van der Waals surface area contributed by atoms with E-state index in [0.29, 0.717) is 28.0 Å². The molecule has 0 radical (unpaired) electrons. The van der Waals surface area contributed by atoms with E-state index < -0.39 is 0 Å². The van der Waals surface area contributed by atoms with E-state index in [-0.39, 0.29) is 0 Å². The topological polar surface area (TPSA) is 15.3 Å². The molecule has 106 valence electrons. The van der Waals surface area contributed by atoms with Crippen LogP contribution in [0.1, 0.15) is 27.2 Å². The van der Waals surface area contributed by atoms with Gasteiger partial charge < -0.3 is 10.2 Å². The first-order chi connectivity index (χ1) is 9.04. The lowest BCUT2D eigenvalue weighted by atomic mass is 9.97. The largest absolute Gasteiger partial charge is 0.364 e. The zero-order valence-corrected chi connectivity index (χ0v) is 13.3. The van der Waals surface area contributed by atoms with E-state index in [2.05, 4.69) is 37.1 Å². The summed E-state index contributed by atoms with van der Waals surface area (Å²) in [5.41, 5.74) is 1.06. The van der Waals surface area contributed by atoms with E-state index in [9.17, 15) is 0 Å². The molecule has 0 bridgehead atoms. The first-order valence-electron chi connectivity index (χ1n) is 6.98. The van der Waals surface area contributed by atoms with Crippen molar-refractivity contribution >= 4 is 28.9 Å². The Labute approximate surface area is 126 Å². The molecule has 1 N–H and O–H groups in total. The molecule has 2 rings (SSSR count). The van der Waals surface area contributed by atoms with Gasteiger partial charge in [-0.1, -0.05) is 50.0 Å². The van der Waals surface area contributed by atoms with Gasteiger partial charge in [-0.2, -0.15) is 0 Å². The quantitative estimate of drug-likeness (QED) is 0.900. The summed E-state index contributed by atoms with van der Waals surface area (Å²) in [6.45, 7) is 8.71. The molecule has 1 fully saturated rings. The van der Waals surface area contributed by atoms with Gasteiger partial charge in [-0.25, -0.2) is 0 Å². The van der Waals surface area contributed by atoms with E-state index >= 15 is 0 Å². The summed E-state index contributed by atoms with van der Waals surface area (Å²) >= 11 is 12.5. The number of benzene rings is 1. The van der Waals surface area contributed by atoms with E-state index in [1.54, 1.807) is 0 Å². The second kappa shape index (κ2) is 6.34. The van der Waals surface area contributed by atoms with Gasteiger partial charge in [0.2, 0.25) is 0 Å². The molecule has 2 unspecified atom stereocenters.